The molecule has 0 spiro atoms. The Morgan fingerprint density at radius 2 is 1.21 bits per heavy atom. The van der Waals surface area contributed by atoms with Crippen molar-refractivity contribution in [2.24, 2.45) is 10.8 Å². The largest absolute Gasteiger partial charge is 0.460 e. The summed E-state index contributed by atoms with van der Waals surface area (Å²) in [6.07, 6.45) is 1.36. The minimum absolute atomic E-state index is 0.0949. The fourth-order valence-electron chi connectivity index (χ4n) is 0.737. The second-order valence-corrected chi connectivity index (χ2v) is 7.57. The maximum atomic E-state index is 11.3. The average Bonchev–Trinajstić information content (AvgIpc) is 2.11. The summed E-state index contributed by atoms with van der Waals surface area (Å²) in [7, 11) is 0. The van der Waals surface area contributed by atoms with Crippen LogP contribution >= 0.6 is 0 Å². The lowest BCUT2D eigenvalue weighted by molar-refractivity contribution is -0.164. The molecule has 0 heterocycles. The Labute approximate surface area is 118 Å². The van der Waals surface area contributed by atoms with Gasteiger partial charge in [-0.3, -0.25) is 9.59 Å². The predicted molar refractivity (Wildman–Crippen MR) is 80.0 cm³/mol. The first kappa shape index (κ1) is 20.2. The summed E-state index contributed by atoms with van der Waals surface area (Å²) in [5, 5.41) is 0. The Bertz CT molecular complexity index is 319. The van der Waals surface area contributed by atoms with Gasteiger partial charge in [-0.15, -0.1) is 0 Å². The first-order valence-corrected chi connectivity index (χ1v) is 6.51. The Balaban J connectivity index is 0. The molecule has 0 saturated heterocycles. The van der Waals surface area contributed by atoms with Crippen molar-refractivity contribution >= 4 is 11.8 Å². The van der Waals surface area contributed by atoms with E-state index >= 15 is 0 Å². The van der Waals surface area contributed by atoms with Gasteiger partial charge in [0.05, 0.1) is 5.41 Å². The lowest BCUT2D eigenvalue weighted by atomic mass is 9.91. The van der Waals surface area contributed by atoms with Gasteiger partial charge in [0.15, 0.2) is 5.78 Å². The van der Waals surface area contributed by atoms with Crippen molar-refractivity contribution in [1.82, 2.24) is 0 Å². The van der Waals surface area contributed by atoms with E-state index in [1.807, 2.05) is 62.3 Å². The maximum absolute atomic E-state index is 11.3. The van der Waals surface area contributed by atoms with Crippen LogP contribution < -0.4 is 0 Å². The molecular weight excluding hydrogens is 240 g/mol. The molecule has 0 aromatic rings. The third-order valence-corrected chi connectivity index (χ3v) is 1.94. The molecule has 0 amide bonds. The number of allylic oxidation sites excluding steroid dienone is 1. The number of carbonyl (C=O) groups is 2. The number of hydrogen-bond donors (Lipinski definition) is 0. The Hall–Kier alpha value is -1.12. The van der Waals surface area contributed by atoms with Crippen molar-refractivity contribution in [3.8, 4) is 0 Å². The van der Waals surface area contributed by atoms with E-state index in [-0.39, 0.29) is 22.8 Å². The van der Waals surface area contributed by atoms with Gasteiger partial charge in [-0.2, -0.15) is 0 Å². The zero-order chi connectivity index (χ0) is 16.1. The molecular formula is C16H30O3. The fraction of sp³-hybridized carbons (Fsp3) is 0.750. The molecule has 0 rings (SSSR count). The Morgan fingerprint density at radius 1 is 0.842 bits per heavy atom. The van der Waals surface area contributed by atoms with E-state index in [1.54, 1.807) is 0 Å². The molecule has 0 unspecified atom stereocenters. The smallest absolute Gasteiger partial charge is 0.311 e. The van der Waals surface area contributed by atoms with Crippen molar-refractivity contribution in [1.29, 1.82) is 0 Å². The first-order valence-electron chi connectivity index (χ1n) is 6.51. The van der Waals surface area contributed by atoms with E-state index < -0.39 is 5.41 Å². The van der Waals surface area contributed by atoms with Crippen LogP contribution in [0.4, 0.5) is 0 Å². The van der Waals surface area contributed by atoms with Crippen LogP contribution in [-0.4, -0.2) is 17.4 Å². The monoisotopic (exact) mass is 270 g/mol. The highest BCUT2D eigenvalue weighted by atomic mass is 16.6. The maximum Gasteiger partial charge on any atom is 0.311 e. The van der Waals surface area contributed by atoms with Crippen LogP contribution in [0.5, 0.6) is 0 Å². The third kappa shape index (κ3) is 11.7. The van der Waals surface area contributed by atoms with E-state index in [1.165, 1.54) is 6.08 Å². The van der Waals surface area contributed by atoms with E-state index in [9.17, 15) is 9.59 Å². The van der Waals surface area contributed by atoms with Gasteiger partial charge in [-0.1, -0.05) is 27.4 Å². The summed E-state index contributed by atoms with van der Waals surface area (Å²) in [5.74, 6) is -0.0532. The van der Waals surface area contributed by atoms with Gasteiger partial charge >= 0.3 is 5.97 Å². The van der Waals surface area contributed by atoms with Crippen molar-refractivity contribution in [2.75, 3.05) is 0 Å². The number of ketones is 1. The van der Waals surface area contributed by atoms with Crippen LogP contribution in [0, 0.1) is 10.8 Å². The lowest BCUT2D eigenvalue weighted by Crippen LogP contribution is -2.31. The molecule has 0 aliphatic heterocycles. The van der Waals surface area contributed by atoms with Crippen molar-refractivity contribution in [3.63, 3.8) is 0 Å². The quantitative estimate of drug-likeness (QED) is 0.531. The molecule has 0 aliphatic rings. The molecule has 3 nitrogen and oxygen atoms in total. The van der Waals surface area contributed by atoms with Crippen molar-refractivity contribution in [2.45, 2.75) is 67.9 Å². The normalized spacial score (nSPS) is 12.1. The summed E-state index contributed by atoms with van der Waals surface area (Å²) >= 11 is 0. The topological polar surface area (TPSA) is 43.4 Å². The van der Waals surface area contributed by atoms with Crippen LogP contribution in [0.25, 0.3) is 0 Å². The first-order chi connectivity index (χ1) is 8.11. The molecule has 3 heteroatoms. The van der Waals surface area contributed by atoms with Crippen molar-refractivity contribution in [3.05, 3.63) is 12.7 Å². The number of esters is 1. The summed E-state index contributed by atoms with van der Waals surface area (Å²) < 4.78 is 5.16. The molecule has 0 aliphatic carbocycles. The number of carbonyl (C=O) groups excluding carboxylic acids is 2. The summed E-state index contributed by atoms with van der Waals surface area (Å²) in [5.41, 5.74) is -1.01. The highest BCUT2D eigenvalue weighted by molar-refractivity contribution is 5.93. The lowest BCUT2D eigenvalue weighted by Gasteiger charge is -2.25. The van der Waals surface area contributed by atoms with Gasteiger partial charge in [0.1, 0.15) is 5.60 Å². The van der Waals surface area contributed by atoms with Gasteiger partial charge in [0.25, 0.3) is 0 Å². The predicted octanol–water partition coefficient (Wildman–Crippen LogP) is 4.16. The minimum atomic E-state index is -0.396. The highest BCUT2D eigenvalue weighted by Gasteiger charge is 2.27. The summed E-state index contributed by atoms with van der Waals surface area (Å²) in [4.78, 5) is 22.0. The van der Waals surface area contributed by atoms with Crippen LogP contribution in [0.1, 0.15) is 62.3 Å². The molecule has 0 fully saturated rings. The second kappa shape index (κ2) is 6.88. The van der Waals surface area contributed by atoms with E-state index in [0.717, 1.165) is 0 Å². The van der Waals surface area contributed by atoms with Gasteiger partial charge < -0.3 is 4.74 Å². The molecule has 0 aromatic heterocycles. The highest BCUT2D eigenvalue weighted by Crippen LogP contribution is 2.19. The zero-order valence-electron chi connectivity index (χ0n) is 14.0. The molecule has 0 N–H and O–H groups in total. The molecule has 0 saturated carbocycles. The van der Waals surface area contributed by atoms with Gasteiger partial charge in [-0.25, -0.2) is 0 Å². The van der Waals surface area contributed by atoms with Gasteiger partial charge in [-0.05, 0) is 47.6 Å². The molecule has 0 aromatic carbocycles. The summed E-state index contributed by atoms with van der Waals surface area (Å²) in [6.45, 7) is 20.2. The third-order valence-electron chi connectivity index (χ3n) is 1.94. The Kier molecular flexibility index (Phi) is 7.31. The standard InChI is InChI=1S/C9H18O2.C7H12O/c1-8(2,3)7(10)11-9(4,5)6;1-5-6(8)7(2,3)4/h1-6H3;5H,1H2,2-4H3. The Morgan fingerprint density at radius 3 is 1.26 bits per heavy atom. The van der Waals surface area contributed by atoms with Gasteiger partial charge in [0.2, 0.25) is 0 Å². The molecule has 0 radical (unpaired) electrons. The number of rotatable bonds is 1. The van der Waals surface area contributed by atoms with Crippen LogP contribution in [0.3, 0.4) is 0 Å². The van der Waals surface area contributed by atoms with Crippen LogP contribution in [0.2, 0.25) is 0 Å². The molecule has 19 heavy (non-hydrogen) atoms. The SMILES string of the molecule is C=CC(=O)C(C)(C)C.CC(C)(C)OC(=O)C(C)(C)C. The molecule has 112 valence electrons. The van der Waals surface area contributed by atoms with E-state index in [4.69, 9.17) is 4.74 Å². The van der Waals surface area contributed by atoms with Crippen LogP contribution in [0.15, 0.2) is 12.7 Å². The summed E-state index contributed by atoms with van der Waals surface area (Å²) in [6, 6.07) is 0. The molecule has 0 bridgehead atoms. The zero-order valence-corrected chi connectivity index (χ0v) is 14.0. The second-order valence-electron chi connectivity index (χ2n) is 7.57. The van der Waals surface area contributed by atoms with E-state index in [2.05, 4.69) is 6.58 Å². The van der Waals surface area contributed by atoms with Gasteiger partial charge in [0, 0.05) is 5.41 Å². The number of hydrogen-bond acceptors (Lipinski definition) is 3. The van der Waals surface area contributed by atoms with Crippen molar-refractivity contribution < 1.29 is 14.3 Å². The molecule has 0 atom stereocenters. The number of ether oxygens (including phenoxy) is 1. The average molecular weight is 270 g/mol. The minimum Gasteiger partial charge on any atom is -0.460 e. The van der Waals surface area contributed by atoms with E-state index in [0.29, 0.717) is 0 Å². The fourth-order valence-corrected chi connectivity index (χ4v) is 0.737. The van der Waals surface area contributed by atoms with Crippen LogP contribution in [-0.2, 0) is 14.3 Å².